The van der Waals surface area contributed by atoms with Gasteiger partial charge < -0.3 is 10.6 Å². The van der Waals surface area contributed by atoms with E-state index >= 15 is 0 Å². The molecule has 3 heteroatoms. The number of amides is 1. The molecule has 0 saturated heterocycles. The molecule has 0 radical (unpaired) electrons. The number of carbonyl (C=O) groups excluding carboxylic acids is 1. The molecule has 0 aliphatic rings. The van der Waals surface area contributed by atoms with Gasteiger partial charge in [0.15, 0.2) is 0 Å². The summed E-state index contributed by atoms with van der Waals surface area (Å²) in [6, 6.07) is 0.207. The molecule has 1 atom stereocenters. The highest BCUT2D eigenvalue weighted by molar-refractivity contribution is 5.78. The average Bonchev–Trinajstić information content (AvgIpc) is 1.85. The third kappa shape index (κ3) is 4.34. The quantitative estimate of drug-likeness (QED) is 0.660. The van der Waals surface area contributed by atoms with Gasteiger partial charge in [-0.15, -0.1) is 0 Å². The number of rotatable bonds is 3. The summed E-state index contributed by atoms with van der Waals surface area (Å²) in [6.45, 7) is 8.74. The first-order chi connectivity index (χ1) is 5.38. The van der Waals surface area contributed by atoms with E-state index in [1.165, 1.54) is 0 Å². The Morgan fingerprint density at radius 1 is 1.42 bits per heavy atom. The van der Waals surface area contributed by atoms with Gasteiger partial charge in [-0.2, -0.15) is 0 Å². The molecule has 0 rings (SSSR count). The van der Waals surface area contributed by atoms with Crippen LogP contribution in [0.15, 0.2) is 0 Å². The molecule has 1 unspecified atom stereocenters. The first-order valence-corrected chi connectivity index (χ1v) is 4.32. The van der Waals surface area contributed by atoms with E-state index in [4.69, 9.17) is 0 Å². The van der Waals surface area contributed by atoms with E-state index in [2.05, 4.69) is 31.4 Å². The molecular weight excluding hydrogens is 152 g/mol. The Labute approximate surface area is 74.9 Å². The Hall–Kier alpha value is -0.570. The molecule has 0 heterocycles. The summed E-state index contributed by atoms with van der Waals surface area (Å²) >= 11 is 0. The molecule has 72 valence electrons. The summed E-state index contributed by atoms with van der Waals surface area (Å²) in [5, 5.41) is 5.73. The van der Waals surface area contributed by atoms with Crippen LogP contribution < -0.4 is 10.6 Å². The van der Waals surface area contributed by atoms with Crippen LogP contribution in [0.2, 0.25) is 0 Å². The van der Waals surface area contributed by atoms with Crippen molar-refractivity contribution >= 4 is 5.91 Å². The largest absolute Gasteiger partial charge is 0.352 e. The van der Waals surface area contributed by atoms with Gasteiger partial charge in [-0.1, -0.05) is 20.8 Å². The molecular formula is C9H20N2O. The van der Waals surface area contributed by atoms with Gasteiger partial charge in [-0.3, -0.25) is 4.79 Å². The third-order valence-electron chi connectivity index (χ3n) is 2.01. The number of hydrogen-bond donors (Lipinski definition) is 2. The van der Waals surface area contributed by atoms with Crippen LogP contribution in [0.5, 0.6) is 0 Å². The van der Waals surface area contributed by atoms with Crippen molar-refractivity contribution in [3.05, 3.63) is 0 Å². The lowest BCUT2D eigenvalue weighted by Gasteiger charge is -2.27. The maximum absolute atomic E-state index is 11.1. The molecule has 0 spiro atoms. The van der Waals surface area contributed by atoms with Gasteiger partial charge in [0, 0.05) is 6.04 Å². The summed E-state index contributed by atoms with van der Waals surface area (Å²) in [7, 11) is 1.77. The second-order valence-corrected chi connectivity index (χ2v) is 4.19. The maximum Gasteiger partial charge on any atom is 0.234 e. The lowest BCUT2D eigenvalue weighted by molar-refractivity contribution is -0.121. The predicted molar refractivity (Wildman–Crippen MR) is 51.0 cm³/mol. The average molecular weight is 172 g/mol. The van der Waals surface area contributed by atoms with Crippen molar-refractivity contribution in [3.63, 3.8) is 0 Å². The van der Waals surface area contributed by atoms with Crippen LogP contribution in [0.25, 0.3) is 0 Å². The van der Waals surface area contributed by atoms with Gasteiger partial charge in [-0.05, 0) is 19.4 Å². The maximum atomic E-state index is 11.1. The molecule has 1 amide bonds. The van der Waals surface area contributed by atoms with E-state index in [1.54, 1.807) is 7.05 Å². The molecule has 0 aromatic carbocycles. The van der Waals surface area contributed by atoms with Crippen LogP contribution >= 0.6 is 0 Å². The first-order valence-electron chi connectivity index (χ1n) is 4.32. The Bertz CT molecular complexity index is 149. The fourth-order valence-electron chi connectivity index (χ4n) is 0.670. The normalized spacial score (nSPS) is 14.1. The van der Waals surface area contributed by atoms with Crippen LogP contribution in [-0.4, -0.2) is 25.5 Å². The van der Waals surface area contributed by atoms with Crippen LogP contribution in [-0.2, 0) is 4.79 Å². The standard InChI is InChI=1S/C9H20N2O/c1-7(9(2,3)4)11-8(12)6-10-5/h7,10H,6H2,1-5H3,(H,11,12). The van der Waals surface area contributed by atoms with Crippen molar-refractivity contribution in [1.82, 2.24) is 10.6 Å². The lowest BCUT2D eigenvalue weighted by Crippen LogP contribution is -2.44. The first kappa shape index (κ1) is 11.4. The summed E-state index contributed by atoms with van der Waals surface area (Å²) in [4.78, 5) is 11.1. The molecule has 2 N–H and O–H groups in total. The van der Waals surface area contributed by atoms with E-state index in [0.717, 1.165) is 0 Å². The minimum absolute atomic E-state index is 0.0555. The lowest BCUT2D eigenvalue weighted by atomic mass is 9.88. The minimum Gasteiger partial charge on any atom is -0.352 e. The summed E-state index contributed by atoms with van der Waals surface area (Å²) in [6.07, 6.45) is 0. The van der Waals surface area contributed by atoms with E-state index in [1.807, 2.05) is 6.92 Å². The highest BCUT2D eigenvalue weighted by Gasteiger charge is 2.20. The van der Waals surface area contributed by atoms with E-state index < -0.39 is 0 Å². The summed E-state index contributed by atoms with van der Waals surface area (Å²) < 4.78 is 0. The second-order valence-electron chi connectivity index (χ2n) is 4.19. The van der Waals surface area contributed by atoms with Crippen LogP contribution in [0.3, 0.4) is 0 Å². The topological polar surface area (TPSA) is 41.1 Å². The smallest absolute Gasteiger partial charge is 0.234 e. The monoisotopic (exact) mass is 172 g/mol. The minimum atomic E-state index is 0.0555. The fraction of sp³-hybridized carbons (Fsp3) is 0.889. The fourth-order valence-corrected chi connectivity index (χ4v) is 0.670. The van der Waals surface area contributed by atoms with Gasteiger partial charge in [0.1, 0.15) is 0 Å². The van der Waals surface area contributed by atoms with Gasteiger partial charge in [0.05, 0.1) is 6.54 Å². The van der Waals surface area contributed by atoms with E-state index in [0.29, 0.717) is 6.54 Å². The third-order valence-corrected chi connectivity index (χ3v) is 2.01. The Morgan fingerprint density at radius 2 is 1.92 bits per heavy atom. The number of carbonyl (C=O) groups is 1. The molecule has 3 nitrogen and oxygen atoms in total. The van der Waals surface area contributed by atoms with E-state index in [9.17, 15) is 4.79 Å². The van der Waals surface area contributed by atoms with Crippen molar-refractivity contribution in [2.45, 2.75) is 33.7 Å². The Kier molecular flexibility index (Phi) is 4.24. The van der Waals surface area contributed by atoms with Crippen molar-refractivity contribution in [2.75, 3.05) is 13.6 Å². The van der Waals surface area contributed by atoms with Crippen molar-refractivity contribution < 1.29 is 4.79 Å². The highest BCUT2D eigenvalue weighted by Crippen LogP contribution is 2.17. The highest BCUT2D eigenvalue weighted by atomic mass is 16.1. The molecule has 0 aliphatic carbocycles. The number of likely N-dealkylation sites (N-methyl/N-ethyl adjacent to an activating group) is 1. The van der Waals surface area contributed by atoms with Gasteiger partial charge in [0.25, 0.3) is 0 Å². The zero-order chi connectivity index (χ0) is 9.78. The summed E-state index contributed by atoms with van der Waals surface area (Å²) in [5.74, 6) is 0.0555. The van der Waals surface area contributed by atoms with Crippen molar-refractivity contribution in [1.29, 1.82) is 0 Å². The molecule has 12 heavy (non-hydrogen) atoms. The molecule has 0 aromatic rings. The number of nitrogens with one attached hydrogen (secondary N) is 2. The van der Waals surface area contributed by atoms with Gasteiger partial charge in [0.2, 0.25) is 5.91 Å². The zero-order valence-electron chi connectivity index (χ0n) is 8.69. The van der Waals surface area contributed by atoms with Crippen LogP contribution in [0, 0.1) is 5.41 Å². The molecule has 0 fully saturated rings. The second kappa shape index (κ2) is 4.45. The molecule has 0 aromatic heterocycles. The Balaban J connectivity index is 3.84. The zero-order valence-corrected chi connectivity index (χ0v) is 8.69. The SMILES string of the molecule is CNCC(=O)NC(C)C(C)(C)C. The van der Waals surface area contributed by atoms with Crippen molar-refractivity contribution in [3.8, 4) is 0 Å². The predicted octanol–water partition coefficient (Wildman–Crippen LogP) is 0.757. The molecule has 0 saturated carbocycles. The van der Waals surface area contributed by atoms with Crippen LogP contribution in [0.1, 0.15) is 27.7 Å². The van der Waals surface area contributed by atoms with Gasteiger partial charge in [-0.25, -0.2) is 0 Å². The van der Waals surface area contributed by atoms with Crippen LogP contribution in [0.4, 0.5) is 0 Å². The molecule has 0 bridgehead atoms. The Morgan fingerprint density at radius 3 is 2.25 bits per heavy atom. The summed E-state index contributed by atoms with van der Waals surface area (Å²) in [5.41, 5.74) is 0.128. The van der Waals surface area contributed by atoms with Gasteiger partial charge >= 0.3 is 0 Å². The van der Waals surface area contributed by atoms with E-state index in [-0.39, 0.29) is 17.4 Å². The van der Waals surface area contributed by atoms with Crippen molar-refractivity contribution in [2.24, 2.45) is 5.41 Å². The number of hydrogen-bond acceptors (Lipinski definition) is 2. The molecule has 0 aliphatic heterocycles.